The van der Waals surface area contributed by atoms with Crippen molar-refractivity contribution in [3.63, 3.8) is 0 Å². The molecule has 140 valence electrons. The molecule has 1 aromatic carbocycles. The van der Waals surface area contributed by atoms with Crippen molar-refractivity contribution in [2.45, 2.75) is 26.2 Å². The predicted octanol–water partition coefficient (Wildman–Crippen LogP) is 4.28. The monoisotopic (exact) mass is 417 g/mol. The van der Waals surface area contributed by atoms with E-state index < -0.39 is 0 Å². The van der Waals surface area contributed by atoms with Crippen LogP contribution in [-0.2, 0) is 15.0 Å². The molecule has 3 rings (SSSR count). The molecule has 0 aliphatic carbocycles. The number of thioether (sulfide) groups is 1. The molecule has 1 N–H and O–H groups in total. The van der Waals surface area contributed by atoms with E-state index in [1.807, 2.05) is 18.2 Å². The van der Waals surface area contributed by atoms with Crippen molar-refractivity contribution in [1.29, 1.82) is 0 Å². The number of aromatic nitrogens is 1. The second-order valence-corrected chi connectivity index (χ2v) is 9.60. The molecule has 0 atom stereocenters. The van der Waals surface area contributed by atoms with Gasteiger partial charge in [-0.25, -0.2) is 4.98 Å². The van der Waals surface area contributed by atoms with E-state index in [1.54, 1.807) is 11.6 Å². The third-order valence-corrected chi connectivity index (χ3v) is 5.99. The first kappa shape index (κ1) is 19.7. The van der Waals surface area contributed by atoms with Gasteiger partial charge in [0.15, 0.2) is 5.13 Å². The smallest absolute Gasteiger partial charge is 0.266 e. The summed E-state index contributed by atoms with van der Waals surface area (Å²) in [5.41, 5.74) is 2.23. The van der Waals surface area contributed by atoms with Gasteiger partial charge in [0.25, 0.3) is 5.91 Å². The second-order valence-electron chi connectivity index (χ2n) is 7.03. The molecule has 0 unspecified atom stereocenters. The fourth-order valence-corrected chi connectivity index (χ4v) is 4.25. The number of hydrogen-bond acceptors (Lipinski definition) is 6. The van der Waals surface area contributed by atoms with Crippen molar-refractivity contribution in [3.05, 3.63) is 51.9 Å². The van der Waals surface area contributed by atoms with Gasteiger partial charge in [0.2, 0.25) is 5.91 Å². The minimum atomic E-state index is -0.322. The molecule has 27 heavy (non-hydrogen) atoms. The van der Waals surface area contributed by atoms with Gasteiger partial charge in [0.1, 0.15) is 10.9 Å². The average molecular weight is 418 g/mol. The molecule has 1 aliphatic rings. The van der Waals surface area contributed by atoms with Crippen LogP contribution in [-0.4, -0.2) is 32.6 Å². The van der Waals surface area contributed by atoms with E-state index in [1.165, 1.54) is 33.6 Å². The summed E-state index contributed by atoms with van der Waals surface area (Å²) in [4.78, 5) is 30.6. The molecule has 2 amide bonds. The van der Waals surface area contributed by atoms with Gasteiger partial charge < -0.3 is 5.32 Å². The number of rotatable bonds is 4. The Morgan fingerprint density at radius 3 is 2.59 bits per heavy atom. The van der Waals surface area contributed by atoms with Gasteiger partial charge in [0, 0.05) is 11.6 Å². The summed E-state index contributed by atoms with van der Waals surface area (Å²) in [5, 5.41) is 4.93. The highest BCUT2D eigenvalue weighted by molar-refractivity contribution is 8.26. The highest BCUT2D eigenvalue weighted by Gasteiger charge is 2.33. The zero-order chi connectivity index (χ0) is 19.6. The summed E-state index contributed by atoms with van der Waals surface area (Å²) >= 11 is 7.81. The predicted molar refractivity (Wildman–Crippen MR) is 116 cm³/mol. The Morgan fingerprint density at radius 1 is 1.30 bits per heavy atom. The Balaban J connectivity index is 1.69. The Morgan fingerprint density at radius 2 is 2.00 bits per heavy atom. The van der Waals surface area contributed by atoms with Crippen LogP contribution < -0.4 is 5.32 Å². The molecule has 0 saturated carbocycles. The van der Waals surface area contributed by atoms with Crippen LogP contribution in [0.5, 0.6) is 0 Å². The Kier molecular flexibility index (Phi) is 5.78. The van der Waals surface area contributed by atoms with Crippen LogP contribution in [0.4, 0.5) is 5.13 Å². The molecule has 2 aromatic rings. The molecule has 1 fully saturated rings. The lowest BCUT2D eigenvalue weighted by Gasteiger charge is -2.18. The topological polar surface area (TPSA) is 62.3 Å². The standard InChI is InChI=1S/C19H19N3O2S3/c1-19(2,3)13-6-4-12(5-7-13)10-14-16(24)22(18(25)27-14)11-15(23)21-17-20-8-9-26-17/h4-10H,11H2,1-3H3,(H,20,21,23)/b14-10-. The van der Waals surface area contributed by atoms with Gasteiger partial charge in [-0.05, 0) is 22.6 Å². The maximum Gasteiger partial charge on any atom is 0.266 e. The molecule has 1 saturated heterocycles. The number of amides is 2. The number of benzene rings is 1. The molecule has 1 aromatic heterocycles. The summed E-state index contributed by atoms with van der Waals surface area (Å²) in [6.45, 7) is 6.35. The number of thiocarbonyl (C=S) groups is 1. The molecule has 1 aliphatic heterocycles. The van der Waals surface area contributed by atoms with E-state index in [4.69, 9.17) is 12.2 Å². The average Bonchev–Trinajstić information content (AvgIpc) is 3.19. The summed E-state index contributed by atoms with van der Waals surface area (Å²) in [6, 6.07) is 8.10. The first-order chi connectivity index (χ1) is 12.7. The fourth-order valence-electron chi connectivity index (χ4n) is 2.45. The summed E-state index contributed by atoms with van der Waals surface area (Å²) in [6.07, 6.45) is 3.41. The number of nitrogens with zero attached hydrogens (tertiary/aromatic N) is 2. The molecule has 0 radical (unpaired) electrons. The quantitative estimate of drug-likeness (QED) is 0.594. The lowest BCUT2D eigenvalue weighted by atomic mass is 9.87. The lowest BCUT2D eigenvalue weighted by Crippen LogP contribution is -2.36. The number of nitrogens with one attached hydrogen (secondary N) is 1. The number of hydrogen-bond donors (Lipinski definition) is 1. The van der Waals surface area contributed by atoms with Crippen molar-refractivity contribution in [2.75, 3.05) is 11.9 Å². The zero-order valence-corrected chi connectivity index (χ0v) is 17.6. The first-order valence-corrected chi connectivity index (χ1v) is 10.4. The molecular formula is C19H19N3O2S3. The van der Waals surface area contributed by atoms with Crippen molar-refractivity contribution in [3.8, 4) is 0 Å². The van der Waals surface area contributed by atoms with E-state index in [9.17, 15) is 9.59 Å². The normalized spacial score (nSPS) is 16.3. The van der Waals surface area contributed by atoms with Gasteiger partial charge in [-0.1, -0.05) is 69.0 Å². The SMILES string of the molecule is CC(C)(C)c1ccc(/C=C2\SC(=S)N(CC(=O)Nc3nccs3)C2=O)cc1. The van der Waals surface area contributed by atoms with Crippen molar-refractivity contribution >= 4 is 62.7 Å². The van der Waals surface area contributed by atoms with Gasteiger partial charge in [-0.15, -0.1) is 11.3 Å². The fraction of sp³-hybridized carbons (Fsp3) is 0.263. The third kappa shape index (κ3) is 4.82. The van der Waals surface area contributed by atoms with Crippen LogP contribution in [0.3, 0.4) is 0 Å². The van der Waals surface area contributed by atoms with Crippen LogP contribution >= 0.6 is 35.3 Å². The number of anilines is 1. The molecular weight excluding hydrogens is 398 g/mol. The van der Waals surface area contributed by atoms with Crippen molar-refractivity contribution in [1.82, 2.24) is 9.88 Å². The molecule has 8 heteroatoms. The van der Waals surface area contributed by atoms with E-state index in [0.717, 1.165) is 5.56 Å². The van der Waals surface area contributed by atoms with Gasteiger partial charge in [-0.2, -0.15) is 0 Å². The third-order valence-electron chi connectivity index (χ3n) is 3.93. The van der Waals surface area contributed by atoms with Crippen LogP contribution in [0.15, 0.2) is 40.7 Å². The largest absolute Gasteiger partial charge is 0.300 e. The number of thiazole rings is 1. The van der Waals surface area contributed by atoms with Crippen molar-refractivity contribution < 1.29 is 9.59 Å². The molecule has 0 bridgehead atoms. The molecule has 5 nitrogen and oxygen atoms in total. The molecule has 0 spiro atoms. The lowest BCUT2D eigenvalue weighted by molar-refractivity contribution is -0.126. The maximum atomic E-state index is 12.6. The van der Waals surface area contributed by atoms with Crippen LogP contribution in [0.1, 0.15) is 31.9 Å². The van der Waals surface area contributed by atoms with E-state index in [2.05, 4.69) is 43.2 Å². The zero-order valence-electron chi connectivity index (χ0n) is 15.2. The maximum absolute atomic E-state index is 12.6. The van der Waals surface area contributed by atoms with Gasteiger partial charge in [-0.3, -0.25) is 14.5 Å². The van der Waals surface area contributed by atoms with E-state index in [0.29, 0.717) is 14.4 Å². The Bertz CT molecular complexity index is 897. The Hall–Kier alpha value is -2.03. The van der Waals surface area contributed by atoms with Gasteiger partial charge in [0.05, 0.1) is 4.91 Å². The highest BCUT2D eigenvalue weighted by Crippen LogP contribution is 2.33. The summed E-state index contributed by atoms with van der Waals surface area (Å²) < 4.78 is 0.381. The minimum absolute atomic E-state index is 0.0761. The summed E-state index contributed by atoms with van der Waals surface area (Å²) in [5.74, 6) is -0.573. The van der Waals surface area contributed by atoms with E-state index >= 15 is 0 Å². The Labute approximate surface area is 171 Å². The van der Waals surface area contributed by atoms with Gasteiger partial charge >= 0.3 is 0 Å². The van der Waals surface area contributed by atoms with Crippen molar-refractivity contribution in [2.24, 2.45) is 0 Å². The molecule has 2 heterocycles. The second kappa shape index (κ2) is 7.92. The van der Waals surface area contributed by atoms with E-state index in [-0.39, 0.29) is 23.8 Å². The number of carbonyl (C=O) groups is 2. The van der Waals surface area contributed by atoms with Crippen LogP contribution in [0, 0.1) is 0 Å². The van der Waals surface area contributed by atoms with Crippen LogP contribution in [0.25, 0.3) is 6.08 Å². The minimum Gasteiger partial charge on any atom is -0.300 e. The number of carbonyl (C=O) groups excluding carboxylic acids is 2. The summed E-state index contributed by atoms with van der Waals surface area (Å²) in [7, 11) is 0. The first-order valence-electron chi connectivity index (χ1n) is 8.29. The highest BCUT2D eigenvalue weighted by atomic mass is 32.2. The van der Waals surface area contributed by atoms with Crippen LogP contribution in [0.2, 0.25) is 0 Å².